The molecule has 3 heterocycles. The molecule has 0 saturated carbocycles. The zero-order valence-electron chi connectivity index (χ0n) is 26.2. The Kier molecular flexibility index (Phi) is 13.6. The van der Waals surface area contributed by atoms with E-state index in [4.69, 9.17) is 16.2 Å². The first kappa shape index (κ1) is 34.6. The number of carbonyl (C=O) groups excluding carboxylic acids is 2. The summed E-state index contributed by atoms with van der Waals surface area (Å²) < 4.78 is 5.40. The maximum absolute atomic E-state index is 12.3. The van der Waals surface area contributed by atoms with Gasteiger partial charge in [-0.15, -0.1) is 0 Å². The number of amides is 2. The van der Waals surface area contributed by atoms with Gasteiger partial charge in [-0.1, -0.05) is 45.4 Å². The normalized spacial score (nSPS) is 26.0. The lowest BCUT2D eigenvalue weighted by molar-refractivity contribution is -0.216. The molecule has 2 amide bonds. The molecule has 43 heavy (non-hydrogen) atoms. The number of aliphatic hydroxyl groups is 1. The number of nitrogens with zero attached hydrogens (tertiary/aromatic N) is 4. The number of rotatable bonds is 20. The van der Waals surface area contributed by atoms with Crippen LogP contribution in [0.15, 0.2) is 9.98 Å². The molecule has 4 atom stereocenters. The molecular formula is C29H55N9O5. The molecule has 3 rings (SSSR count). The zero-order valence-corrected chi connectivity index (χ0v) is 26.2. The quantitative estimate of drug-likeness (QED) is 0.0988. The maximum Gasteiger partial charge on any atom is 0.407 e. The second-order valence-electron chi connectivity index (χ2n) is 12.1. The van der Waals surface area contributed by atoms with Crippen LogP contribution < -0.4 is 27.4 Å². The van der Waals surface area contributed by atoms with Crippen LogP contribution in [0.5, 0.6) is 0 Å². The van der Waals surface area contributed by atoms with Crippen molar-refractivity contribution < 1.29 is 24.6 Å². The van der Waals surface area contributed by atoms with Crippen molar-refractivity contribution in [3.05, 3.63) is 0 Å². The van der Waals surface area contributed by atoms with Gasteiger partial charge in [0, 0.05) is 26.1 Å². The number of alkyl carbamates (subject to hydrolysis) is 1. The first-order valence-corrected chi connectivity index (χ1v) is 16.2. The van der Waals surface area contributed by atoms with E-state index in [9.17, 15) is 19.9 Å². The minimum atomic E-state index is -1.41. The number of unbranched alkanes of at least 4 members (excludes halogenated alkanes) is 8. The minimum Gasteiger partial charge on any atom is -0.447 e. The smallest absolute Gasteiger partial charge is 0.407 e. The molecule has 3 aliphatic heterocycles. The molecule has 14 heteroatoms. The highest BCUT2D eigenvalue weighted by molar-refractivity contribution is 5.86. The molecule has 14 nitrogen and oxygen atoms in total. The van der Waals surface area contributed by atoms with Crippen LogP contribution in [0.1, 0.15) is 97.3 Å². The molecule has 1 saturated heterocycles. The molecule has 1 spiro atoms. The van der Waals surface area contributed by atoms with Gasteiger partial charge in [0.1, 0.15) is 24.3 Å². The van der Waals surface area contributed by atoms with Crippen molar-refractivity contribution >= 4 is 23.9 Å². The van der Waals surface area contributed by atoms with Crippen LogP contribution in [0, 0.1) is 0 Å². The molecule has 246 valence electrons. The van der Waals surface area contributed by atoms with Gasteiger partial charge in [0.25, 0.3) is 0 Å². The molecule has 0 aromatic rings. The first-order chi connectivity index (χ1) is 20.6. The van der Waals surface area contributed by atoms with Gasteiger partial charge in [0.15, 0.2) is 11.6 Å². The lowest BCUT2D eigenvalue weighted by atomic mass is 9.80. The Bertz CT molecular complexity index is 963. The van der Waals surface area contributed by atoms with Crippen LogP contribution in [0.2, 0.25) is 0 Å². The van der Waals surface area contributed by atoms with Gasteiger partial charge in [-0.3, -0.25) is 10.0 Å². The molecular weight excluding hydrogens is 554 g/mol. The predicted octanol–water partition coefficient (Wildman–Crippen LogP) is 1.36. The Morgan fingerprint density at radius 1 is 0.930 bits per heavy atom. The first-order valence-electron chi connectivity index (χ1n) is 16.2. The molecule has 9 N–H and O–H groups in total. The summed E-state index contributed by atoms with van der Waals surface area (Å²) >= 11 is 0. The van der Waals surface area contributed by atoms with Crippen LogP contribution in [0.3, 0.4) is 0 Å². The fraction of sp³-hybridized carbons (Fsp3) is 0.862. The van der Waals surface area contributed by atoms with E-state index in [2.05, 4.69) is 32.9 Å². The fourth-order valence-corrected chi connectivity index (χ4v) is 6.30. The Hall–Kier alpha value is -2.84. The topological polar surface area (TPSA) is 203 Å². The third kappa shape index (κ3) is 8.85. The van der Waals surface area contributed by atoms with Crippen molar-refractivity contribution in [2.45, 2.75) is 121 Å². The van der Waals surface area contributed by atoms with Crippen molar-refractivity contribution in [3.63, 3.8) is 0 Å². The Labute approximate surface area is 256 Å². The number of carbonyl (C=O) groups is 2. The lowest BCUT2D eigenvalue weighted by Crippen LogP contribution is -2.76. The highest BCUT2D eigenvalue weighted by atomic mass is 16.5. The number of hydrogen-bond donors (Lipinski definition) is 7. The third-order valence-corrected chi connectivity index (χ3v) is 8.73. The Morgan fingerprint density at radius 2 is 1.56 bits per heavy atom. The van der Waals surface area contributed by atoms with Crippen molar-refractivity contribution in [1.82, 2.24) is 25.9 Å². The molecule has 0 aliphatic carbocycles. The minimum absolute atomic E-state index is 0.119. The number of guanidine groups is 2. The predicted molar refractivity (Wildman–Crippen MR) is 165 cm³/mol. The number of nitrogens with one attached hydrogen (secondary N) is 3. The van der Waals surface area contributed by atoms with E-state index < -0.39 is 29.4 Å². The van der Waals surface area contributed by atoms with Crippen LogP contribution in [0.25, 0.3) is 0 Å². The summed E-state index contributed by atoms with van der Waals surface area (Å²) in [6.45, 7) is 7.31. The van der Waals surface area contributed by atoms with Crippen molar-refractivity contribution in [3.8, 4) is 0 Å². The van der Waals surface area contributed by atoms with Crippen molar-refractivity contribution in [2.24, 2.45) is 21.5 Å². The highest BCUT2D eigenvalue weighted by Crippen LogP contribution is 2.49. The fourth-order valence-electron chi connectivity index (χ4n) is 6.30. The number of hydrogen-bond acceptors (Lipinski definition) is 12. The molecule has 0 aromatic heterocycles. The van der Waals surface area contributed by atoms with Gasteiger partial charge in [-0.25, -0.2) is 14.8 Å². The van der Waals surface area contributed by atoms with Gasteiger partial charge in [-0.05, 0) is 58.5 Å². The third-order valence-electron chi connectivity index (χ3n) is 8.73. The zero-order chi connectivity index (χ0) is 31.3. The molecule has 4 unspecified atom stereocenters. The second kappa shape index (κ2) is 16.9. The van der Waals surface area contributed by atoms with E-state index in [1.165, 1.54) is 25.7 Å². The SMILES string of the molecule is CCCCCCNCCCCCC(=O)NCCCCCCNC(=O)OCC1N=C(N)N2CCC(C)(O)C23C1N=C(N)N3O. The van der Waals surface area contributed by atoms with E-state index in [0.29, 0.717) is 32.5 Å². The Balaban J connectivity index is 1.20. The average molecular weight is 610 g/mol. The van der Waals surface area contributed by atoms with Gasteiger partial charge in [0.2, 0.25) is 11.9 Å². The lowest BCUT2D eigenvalue weighted by Gasteiger charge is -2.51. The summed E-state index contributed by atoms with van der Waals surface area (Å²) in [6.07, 6.45) is 12.1. The van der Waals surface area contributed by atoms with Crippen LogP contribution >= 0.6 is 0 Å². The summed E-state index contributed by atoms with van der Waals surface area (Å²) in [5.41, 5.74) is 9.30. The maximum atomic E-state index is 12.3. The average Bonchev–Trinajstić information content (AvgIpc) is 3.42. The van der Waals surface area contributed by atoms with Crippen molar-refractivity contribution in [1.29, 1.82) is 0 Å². The van der Waals surface area contributed by atoms with Gasteiger partial charge in [-0.2, -0.15) is 5.06 Å². The molecule has 0 aromatic carbocycles. The molecule has 0 bridgehead atoms. The van der Waals surface area contributed by atoms with Crippen LogP contribution in [-0.4, -0.2) is 107 Å². The van der Waals surface area contributed by atoms with Gasteiger partial charge >= 0.3 is 6.09 Å². The number of aliphatic imine (C=N–C) groups is 2. The van der Waals surface area contributed by atoms with Crippen LogP contribution in [-0.2, 0) is 9.53 Å². The summed E-state index contributed by atoms with van der Waals surface area (Å²) in [7, 11) is 0. The number of ether oxygens (including phenoxy) is 1. The largest absolute Gasteiger partial charge is 0.447 e. The summed E-state index contributed by atoms with van der Waals surface area (Å²) in [4.78, 5) is 34.7. The monoisotopic (exact) mass is 609 g/mol. The van der Waals surface area contributed by atoms with E-state index in [-0.39, 0.29) is 24.4 Å². The van der Waals surface area contributed by atoms with E-state index in [0.717, 1.165) is 63.1 Å². The van der Waals surface area contributed by atoms with Crippen molar-refractivity contribution in [2.75, 3.05) is 39.3 Å². The van der Waals surface area contributed by atoms with Crippen LogP contribution in [0.4, 0.5) is 4.79 Å². The molecule has 0 radical (unpaired) electrons. The Morgan fingerprint density at radius 3 is 2.26 bits per heavy atom. The second-order valence-corrected chi connectivity index (χ2v) is 12.1. The number of hydroxylamine groups is 2. The van der Waals surface area contributed by atoms with Gasteiger partial charge < -0.3 is 42.2 Å². The molecule has 1 fully saturated rings. The highest BCUT2D eigenvalue weighted by Gasteiger charge is 2.71. The van der Waals surface area contributed by atoms with E-state index in [1.807, 2.05) is 0 Å². The standard InChI is InChI=1S/C29H55N9O5/c1-3-4-5-10-16-32-17-11-8-9-14-23(39)33-18-12-6-7-13-19-34-27(40)43-21-22-24-29(38(42)26(31)36-24)28(2,41)15-20-37(29)25(30)35-22/h22,24,32,41-42H,3-21H2,1-2H3,(H2,30,35)(H2,31,36)(H,33,39)(H,34,40). The number of nitrogens with two attached hydrogens (primary N) is 2. The molecule has 3 aliphatic rings. The summed E-state index contributed by atoms with van der Waals surface area (Å²) in [5.74, 6) is 0.0938. The van der Waals surface area contributed by atoms with E-state index >= 15 is 0 Å². The summed E-state index contributed by atoms with van der Waals surface area (Å²) in [5, 5.41) is 31.9. The van der Waals surface area contributed by atoms with Gasteiger partial charge in [0.05, 0.1) is 0 Å². The summed E-state index contributed by atoms with van der Waals surface area (Å²) in [6, 6.07) is -1.50. The van der Waals surface area contributed by atoms with E-state index in [1.54, 1.807) is 11.8 Å².